The van der Waals surface area contributed by atoms with Crippen molar-refractivity contribution in [1.82, 2.24) is 15.2 Å². The Morgan fingerprint density at radius 3 is 3.00 bits per heavy atom. The maximum Gasteiger partial charge on any atom is 0.321 e. The van der Waals surface area contributed by atoms with Crippen molar-refractivity contribution in [3.8, 4) is 0 Å². The number of nitro groups is 1. The number of hydrogen-bond donors (Lipinski definition) is 2. The van der Waals surface area contributed by atoms with E-state index in [1.165, 1.54) is 12.1 Å². The van der Waals surface area contributed by atoms with Crippen LogP contribution in [0.4, 0.5) is 5.82 Å². The third-order valence-corrected chi connectivity index (χ3v) is 3.21. The number of amides is 1. The molecule has 1 fully saturated rings. The molecule has 7 nitrogen and oxygen atoms in total. The molecular formula is C11H16N4O3. The fraction of sp³-hybridized carbons (Fsp3) is 0.545. The van der Waals surface area contributed by atoms with Gasteiger partial charge in [-0.3, -0.25) is 4.79 Å². The molecule has 0 aromatic carbocycles. The summed E-state index contributed by atoms with van der Waals surface area (Å²) in [6.07, 6.45) is 1.99. The summed E-state index contributed by atoms with van der Waals surface area (Å²) in [5.41, 5.74) is 0.276. The molecule has 0 aliphatic carbocycles. The molecular weight excluding hydrogens is 236 g/mol. The van der Waals surface area contributed by atoms with Crippen LogP contribution >= 0.6 is 0 Å². The van der Waals surface area contributed by atoms with Crippen molar-refractivity contribution < 1.29 is 9.72 Å². The molecule has 1 amide bonds. The molecule has 2 N–H and O–H groups in total. The Kier molecular flexibility index (Phi) is 3.61. The highest BCUT2D eigenvalue weighted by Gasteiger charge is 2.26. The number of hydrogen-bond acceptors (Lipinski definition) is 4. The van der Waals surface area contributed by atoms with Gasteiger partial charge in [-0.1, -0.05) is 0 Å². The number of piperidine rings is 1. The lowest BCUT2D eigenvalue weighted by Gasteiger charge is -2.31. The number of nitrogens with one attached hydrogen (secondary N) is 2. The minimum atomic E-state index is -0.538. The number of rotatable bonds is 3. The molecule has 1 atom stereocenters. The fourth-order valence-corrected chi connectivity index (χ4v) is 2.18. The van der Waals surface area contributed by atoms with E-state index in [9.17, 15) is 14.9 Å². The van der Waals surface area contributed by atoms with Gasteiger partial charge in [-0.05, 0) is 30.9 Å². The number of carbonyl (C=O) groups excluding carboxylic acids is 1. The molecule has 0 saturated carbocycles. The first-order valence-corrected chi connectivity index (χ1v) is 5.91. The number of likely N-dealkylation sites (tertiary alicyclic amines) is 1. The summed E-state index contributed by atoms with van der Waals surface area (Å²) in [6.45, 7) is 1.34. The summed E-state index contributed by atoms with van der Waals surface area (Å²) >= 11 is 0. The summed E-state index contributed by atoms with van der Waals surface area (Å²) in [4.78, 5) is 26.4. The van der Waals surface area contributed by atoms with Gasteiger partial charge in [0, 0.05) is 25.2 Å². The van der Waals surface area contributed by atoms with Gasteiger partial charge in [0.2, 0.25) is 0 Å². The van der Waals surface area contributed by atoms with Gasteiger partial charge in [0.1, 0.15) is 0 Å². The number of carbonyl (C=O) groups is 1. The van der Waals surface area contributed by atoms with Gasteiger partial charge in [0.15, 0.2) is 5.69 Å². The first kappa shape index (κ1) is 12.6. The Hall–Kier alpha value is -1.89. The minimum absolute atomic E-state index is 0.152. The molecule has 2 heterocycles. The normalized spacial score (nSPS) is 19.8. The molecule has 1 saturated heterocycles. The summed E-state index contributed by atoms with van der Waals surface area (Å²) in [6, 6.07) is 3.07. The van der Waals surface area contributed by atoms with Gasteiger partial charge in [-0.15, -0.1) is 0 Å². The second-order valence-electron chi connectivity index (χ2n) is 4.39. The van der Waals surface area contributed by atoms with Crippen LogP contribution in [0.2, 0.25) is 0 Å². The van der Waals surface area contributed by atoms with Crippen LogP contribution in [0.3, 0.4) is 0 Å². The number of aromatic nitrogens is 1. The highest BCUT2D eigenvalue weighted by Crippen LogP contribution is 2.16. The molecule has 18 heavy (non-hydrogen) atoms. The third-order valence-electron chi connectivity index (χ3n) is 3.21. The number of likely N-dealkylation sites (N-methyl/N-ethyl adjacent to an activating group) is 1. The standard InChI is InChI=1S/C11H16N4O3/c1-12-8-3-2-6-14(7-8)11(16)9-4-5-10(13-9)15(17)18/h4-5,8,12-13H,2-3,6-7H2,1H3. The summed E-state index contributed by atoms with van der Waals surface area (Å²) < 4.78 is 0. The van der Waals surface area contributed by atoms with Crippen LogP contribution in [0.5, 0.6) is 0 Å². The average Bonchev–Trinajstić information content (AvgIpc) is 2.87. The van der Waals surface area contributed by atoms with Gasteiger partial charge in [-0.25, -0.2) is 4.98 Å². The number of H-pyrrole nitrogens is 1. The van der Waals surface area contributed by atoms with Crippen molar-refractivity contribution in [2.45, 2.75) is 18.9 Å². The first-order valence-electron chi connectivity index (χ1n) is 5.91. The summed E-state index contributed by atoms with van der Waals surface area (Å²) in [5, 5.41) is 13.7. The predicted molar refractivity (Wildman–Crippen MR) is 65.4 cm³/mol. The van der Waals surface area contributed by atoms with Crippen molar-refractivity contribution in [2.24, 2.45) is 0 Å². The average molecular weight is 252 g/mol. The lowest BCUT2D eigenvalue weighted by molar-refractivity contribution is -0.389. The molecule has 1 aliphatic rings. The molecule has 0 radical (unpaired) electrons. The molecule has 1 aromatic heterocycles. The highest BCUT2D eigenvalue weighted by molar-refractivity contribution is 5.93. The van der Waals surface area contributed by atoms with Crippen molar-refractivity contribution >= 4 is 11.7 Å². The molecule has 1 unspecified atom stereocenters. The SMILES string of the molecule is CNC1CCCN(C(=O)c2ccc([N+](=O)[O-])[nH]2)C1. The maximum absolute atomic E-state index is 12.1. The topological polar surface area (TPSA) is 91.3 Å². The Bertz CT molecular complexity index is 457. The summed E-state index contributed by atoms with van der Waals surface area (Å²) in [7, 11) is 1.87. The zero-order valence-electron chi connectivity index (χ0n) is 10.2. The molecule has 0 bridgehead atoms. The smallest absolute Gasteiger partial charge is 0.321 e. The molecule has 7 heteroatoms. The van der Waals surface area contributed by atoms with Crippen LogP contribution in [-0.4, -0.2) is 46.9 Å². The van der Waals surface area contributed by atoms with Gasteiger partial charge in [0.05, 0.1) is 0 Å². The Morgan fingerprint density at radius 1 is 1.61 bits per heavy atom. The molecule has 1 aliphatic heterocycles. The monoisotopic (exact) mass is 252 g/mol. The highest BCUT2D eigenvalue weighted by atomic mass is 16.6. The number of nitrogens with zero attached hydrogens (tertiary/aromatic N) is 2. The zero-order chi connectivity index (χ0) is 13.1. The van der Waals surface area contributed by atoms with Crippen LogP contribution < -0.4 is 5.32 Å². The second kappa shape index (κ2) is 5.18. The lowest BCUT2D eigenvalue weighted by atomic mass is 10.1. The summed E-state index contributed by atoms with van der Waals surface area (Å²) in [5.74, 6) is -0.330. The quantitative estimate of drug-likeness (QED) is 0.613. The molecule has 98 valence electrons. The fourth-order valence-electron chi connectivity index (χ4n) is 2.18. The third kappa shape index (κ3) is 2.51. The first-order chi connectivity index (χ1) is 8.61. The molecule has 0 spiro atoms. The van der Waals surface area contributed by atoms with E-state index in [2.05, 4.69) is 10.3 Å². The van der Waals surface area contributed by atoms with Crippen molar-refractivity contribution in [1.29, 1.82) is 0 Å². The van der Waals surface area contributed by atoms with Crippen LogP contribution in [0.1, 0.15) is 23.3 Å². The van der Waals surface area contributed by atoms with Crippen LogP contribution in [0.25, 0.3) is 0 Å². The van der Waals surface area contributed by atoms with Crippen molar-refractivity contribution in [3.05, 3.63) is 27.9 Å². The lowest BCUT2D eigenvalue weighted by Crippen LogP contribution is -2.47. The maximum atomic E-state index is 12.1. The van der Waals surface area contributed by atoms with Gasteiger partial charge in [-0.2, -0.15) is 0 Å². The van der Waals surface area contributed by atoms with E-state index < -0.39 is 4.92 Å². The second-order valence-corrected chi connectivity index (χ2v) is 4.39. The van der Waals surface area contributed by atoms with Gasteiger partial charge < -0.3 is 20.3 Å². The Balaban J connectivity index is 2.07. The number of aromatic amines is 1. The Labute approximate surface area is 104 Å². The van der Waals surface area contributed by atoms with Crippen molar-refractivity contribution in [2.75, 3.05) is 20.1 Å². The van der Waals surface area contributed by atoms with E-state index in [0.717, 1.165) is 12.8 Å². The molecule has 2 rings (SSSR count). The van der Waals surface area contributed by atoms with Gasteiger partial charge in [0.25, 0.3) is 5.91 Å². The minimum Gasteiger partial charge on any atom is -0.358 e. The van der Waals surface area contributed by atoms with E-state index in [1.807, 2.05) is 7.05 Å². The van der Waals surface area contributed by atoms with E-state index in [0.29, 0.717) is 19.1 Å². The van der Waals surface area contributed by atoms with Crippen molar-refractivity contribution in [3.63, 3.8) is 0 Å². The van der Waals surface area contributed by atoms with Crippen LogP contribution in [0.15, 0.2) is 12.1 Å². The van der Waals surface area contributed by atoms with E-state index in [4.69, 9.17) is 0 Å². The van der Waals surface area contributed by atoms with Gasteiger partial charge >= 0.3 is 5.82 Å². The largest absolute Gasteiger partial charge is 0.358 e. The van der Waals surface area contributed by atoms with E-state index >= 15 is 0 Å². The van der Waals surface area contributed by atoms with E-state index in [1.54, 1.807) is 4.90 Å². The Morgan fingerprint density at radius 2 is 2.39 bits per heavy atom. The molecule has 1 aromatic rings. The van der Waals surface area contributed by atoms with Crippen LogP contribution in [-0.2, 0) is 0 Å². The van der Waals surface area contributed by atoms with Crippen LogP contribution in [0, 0.1) is 10.1 Å². The van der Waals surface area contributed by atoms with E-state index in [-0.39, 0.29) is 17.4 Å². The zero-order valence-corrected chi connectivity index (χ0v) is 10.2. The predicted octanol–water partition coefficient (Wildman–Crippen LogP) is 0.747.